The summed E-state index contributed by atoms with van der Waals surface area (Å²) in [6.07, 6.45) is -3.08. The minimum atomic E-state index is -5.76. The zero-order valence-corrected chi connectivity index (χ0v) is 19.0. The van der Waals surface area contributed by atoms with E-state index in [9.17, 15) is 33.6 Å². The summed E-state index contributed by atoms with van der Waals surface area (Å²) < 4.78 is 52.5. The second-order valence-corrected chi connectivity index (χ2v) is 10.9. The van der Waals surface area contributed by atoms with E-state index in [-0.39, 0.29) is 11.5 Å². The number of nitrogen functional groups attached to an aromatic ring is 1. The second-order valence-electron chi connectivity index (χ2n) is 6.48. The van der Waals surface area contributed by atoms with Crippen molar-refractivity contribution in [1.82, 2.24) is 24.5 Å². The standard InChI is InChI=1S/C11H17N6O14P3/c12-9-5(17-2-1-13-15-17)3-16(11(20)14-9)10-8(19)7(18)6(29-10)4-28-33(24,25)31-34(26,27)30-32(21,22)23/h1-3,6-8,10,18-19H,4H2,(H,24,25)(H,26,27)(H2,12,14,20)(H2,21,22,23)/t6-,7?,8+,10-/m1/s1. The Bertz CT molecular complexity index is 1230. The van der Waals surface area contributed by atoms with Crippen molar-refractivity contribution in [1.29, 1.82) is 0 Å². The van der Waals surface area contributed by atoms with Crippen LogP contribution in [0.25, 0.3) is 5.69 Å². The molecule has 3 heterocycles. The first-order valence-electron chi connectivity index (χ1n) is 8.64. The number of aliphatic hydroxyl groups is 2. The Kier molecular flexibility index (Phi) is 7.57. The van der Waals surface area contributed by atoms with Crippen molar-refractivity contribution < 1.29 is 61.4 Å². The van der Waals surface area contributed by atoms with Gasteiger partial charge in [0.25, 0.3) is 0 Å². The van der Waals surface area contributed by atoms with Crippen LogP contribution in [0.4, 0.5) is 5.82 Å². The van der Waals surface area contributed by atoms with Gasteiger partial charge in [-0.1, -0.05) is 5.21 Å². The SMILES string of the molecule is Nc1nc(=O)n([C@@H]2O[C@H](COP(=O)(O)OP(=O)(O)OP(=O)(O)O)C(O)[C@@H]2O)cc1-n1ccnn1. The highest BCUT2D eigenvalue weighted by molar-refractivity contribution is 7.66. The van der Waals surface area contributed by atoms with E-state index in [2.05, 4.69) is 28.4 Å². The molecule has 0 aromatic carbocycles. The first-order chi connectivity index (χ1) is 15.6. The van der Waals surface area contributed by atoms with E-state index >= 15 is 0 Å². The molecule has 1 aliphatic rings. The van der Waals surface area contributed by atoms with E-state index in [0.29, 0.717) is 0 Å². The van der Waals surface area contributed by atoms with E-state index in [4.69, 9.17) is 25.2 Å². The molecule has 6 atom stereocenters. The molecule has 2 aromatic heterocycles. The highest BCUT2D eigenvalue weighted by atomic mass is 31.3. The number of anilines is 1. The van der Waals surface area contributed by atoms with Gasteiger partial charge in [-0.15, -0.1) is 5.10 Å². The van der Waals surface area contributed by atoms with Crippen LogP contribution in [0.5, 0.6) is 0 Å². The smallest absolute Gasteiger partial charge is 0.387 e. The van der Waals surface area contributed by atoms with Crippen LogP contribution in [0, 0.1) is 0 Å². The van der Waals surface area contributed by atoms with Gasteiger partial charge in [-0.25, -0.2) is 23.2 Å². The largest absolute Gasteiger partial charge is 0.490 e. The highest BCUT2D eigenvalue weighted by Gasteiger charge is 2.47. The molecule has 1 saturated heterocycles. The van der Waals surface area contributed by atoms with Crippen molar-refractivity contribution in [3.05, 3.63) is 29.1 Å². The van der Waals surface area contributed by atoms with Gasteiger partial charge in [-0.3, -0.25) is 9.09 Å². The van der Waals surface area contributed by atoms with Crippen molar-refractivity contribution in [2.75, 3.05) is 12.3 Å². The Labute approximate surface area is 187 Å². The van der Waals surface area contributed by atoms with Gasteiger partial charge in [-0.05, 0) is 0 Å². The average Bonchev–Trinajstić information content (AvgIpc) is 3.28. The van der Waals surface area contributed by atoms with Crippen molar-refractivity contribution in [2.24, 2.45) is 0 Å². The minimum absolute atomic E-state index is 0.0547. The fraction of sp³-hybridized carbons (Fsp3) is 0.455. The predicted octanol–water partition coefficient (Wildman–Crippen LogP) is -2.63. The molecule has 8 N–H and O–H groups in total. The lowest BCUT2D eigenvalue weighted by molar-refractivity contribution is -0.0541. The topological polar surface area (TPSA) is 301 Å². The van der Waals surface area contributed by atoms with Gasteiger partial charge in [0.1, 0.15) is 24.0 Å². The predicted molar refractivity (Wildman–Crippen MR) is 104 cm³/mol. The van der Waals surface area contributed by atoms with Gasteiger partial charge in [0.2, 0.25) is 0 Å². The lowest BCUT2D eigenvalue weighted by atomic mass is 10.1. The molecule has 0 amide bonds. The number of phosphoric ester groups is 1. The maximum absolute atomic E-state index is 12.3. The number of hydrogen-bond acceptors (Lipinski definition) is 14. The summed E-state index contributed by atoms with van der Waals surface area (Å²) in [6.45, 7) is -1.06. The van der Waals surface area contributed by atoms with Gasteiger partial charge >= 0.3 is 29.2 Å². The van der Waals surface area contributed by atoms with Crippen LogP contribution in [0.15, 0.2) is 23.4 Å². The molecule has 34 heavy (non-hydrogen) atoms. The summed E-state index contributed by atoms with van der Waals surface area (Å²) in [7, 11) is -16.9. The molecule has 20 nitrogen and oxygen atoms in total. The van der Waals surface area contributed by atoms with E-state index in [1.54, 1.807) is 0 Å². The Morgan fingerprint density at radius 3 is 2.35 bits per heavy atom. The maximum atomic E-state index is 12.3. The molecule has 0 saturated carbocycles. The van der Waals surface area contributed by atoms with Crippen molar-refractivity contribution in [3.8, 4) is 5.69 Å². The number of ether oxygens (including phenoxy) is 1. The van der Waals surface area contributed by atoms with Gasteiger partial charge < -0.3 is 40.3 Å². The Hall–Kier alpha value is -1.89. The lowest BCUT2D eigenvalue weighted by Crippen LogP contribution is -2.36. The first kappa shape index (κ1) is 26.7. The summed E-state index contributed by atoms with van der Waals surface area (Å²) in [5, 5.41) is 27.7. The van der Waals surface area contributed by atoms with Crippen LogP contribution in [-0.2, 0) is 31.6 Å². The molecule has 0 aliphatic carbocycles. The molecule has 0 bridgehead atoms. The molecule has 3 rings (SSSR count). The van der Waals surface area contributed by atoms with Crippen LogP contribution in [0.2, 0.25) is 0 Å². The number of phosphoric acid groups is 3. The van der Waals surface area contributed by atoms with Crippen LogP contribution >= 0.6 is 23.5 Å². The van der Waals surface area contributed by atoms with E-state index < -0.39 is 60.3 Å². The average molecular weight is 550 g/mol. The fourth-order valence-electron chi connectivity index (χ4n) is 2.73. The van der Waals surface area contributed by atoms with Crippen molar-refractivity contribution in [3.63, 3.8) is 0 Å². The highest BCUT2D eigenvalue weighted by Crippen LogP contribution is 2.66. The monoisotopic (exact) mass is 550 g/mol. The Morgan fingerprint density at radius 2 is 1.76 bits per heavy atom. The Balaban J connectivity index is 1.74. The number of nitrogens with two attached hydrogens (primary N) is 1. The summed E-state index contributed by atoms with van der Waals surface area (Å²) in [4.78, 5) is 51.5. The van der Waals surface area contributed by atoms with Gasteiger partial charge in [0, 0.05) is 6.20 Å². The lowest BCUT2D eigenvalue weighted by Gasteiger charge is -2.19. The molecule has 3 unspecified atom stereocenters. The zero-order chi connectivity index (χ0) is 25.5. The summed E-state index contributed by atoms with van der Waals surface area (Å²) in [5.41, 5.74) is 4.74. The van der Waals surface area contributed by atoms with E-state index in [1.807, 2.05) is 0 Å². The third kappa shape index (κ3) is 6.41. The zero-order valence-electron chi connectivity index (χ0n) is 16.4. The number of rotatable bonds is 9. The van der Waals surface area contributed by atoms with Crippen LogP contribution < -0.4 is 11.4 Å². The van der Waals surface area contributed by atoms with Gasteiger partial charge in [0.05, 0.1) is 19.0 Å². The van der Waals surface area contributed by atoms with Crippen LogP contribution in [0.3, 0.4) is 0 Å². The Morgan fingerprint density at radius 1 is 1.09 bits per heavy atom. The third-order valence-electron chi connectivity index (χ3n) is 4.06. The molecule has 0 radical (unpaired) electrons. The molecule has 0 spiro atoms. The molecule has 190 valence electrons. The number of nitrogens with zero attached hydrogens (tertiary/aromatic N) is 5. The maximum Gasteiger partial charge on any atom is 0.490 e. The van der Waals surface area contributed by atoms with Gasteiger partial charge in [0.15, 0.2) is 12.0 Å². The van der Waals surface area contributed by atoms with Crippen LogP contribution in [-0.4, -0.2) is 79.3 Å². The molecule has 23 heteroatoms. The summed E-state index contributed by atoms with van der Waals surface area (Å²) >= 11 is 0. The van der Waals surface area contributed by atoms with E-state index in [1.165, 1.54) is 12.4 Å². The normalized spacial score (nSPS) is 26.8. The molecule has 1 fully saturated rings. The molecule has 1 aliphatic heterocycles. The van der Waals surface area contributed by atoms with Crippen molar-refractivity contribution in [2.45, 2.75) is 24.5 Å². The molecular weight excluding hydrogens is 533 g/mol. The first-order valence-corrected chi connectivity index (χ1v) is 13.2. The van der Waals surface area contributed by atoms with Crippen LogP contribution in [0.1, 0.15) is 6.23 Å². The molecule has 2 aromatic rings. The van der Waals surface area contributed by atoms with Crippen molar-refractivity contribution >= 4 is 29.3 Å². The second kappa shape index (κ2) is 9.63. The number of aromatic nitrogens is 5. The summed E-state index contributed by atoms with van der Waals surface area (Å²) in [6, 6.07) is 0. The summed E-state index contributed by atoms with van der Waals surface area (Å²) in [5.74, 6) is -0.246. The quantitative estimate of drug-likeness (QED) is 0.157. The number of aliphatic hydroxyl groups excluding tert-OH is 2. The number of hydrogen-bond donors (Lipinski definition) is 7. The fourth-order valence-corrected chi connectivity index (χ4v) is 5.76. The minimum Gasteiger partial charge on any atom is -0.387 e. The van der Waals surface area contributed by atoms with E-state index in [0.717, 1.165) is 15.4 Å². The molecular formula is C11H17N6O14P3. The third-order valence-corrected chi connectivity index (χ3v) is 7.86. The van der Waals surface area contributed by atoms with Gasteiger partial charge in [-0.2, -0.15) is 13.6 Å².